The lowest BCUT2D eigenvalue weighted by Crippen LogP contribution is -2.53. The summed E-state index contributed by atoms with van der Waals surface area (Å²) in [6.45, 7) is 3.68. The highest BCUT2D eigenvalue weighted by Gasteiger charge is 2.38. The van der Waals surface area contributed by atoms with Gasteiger partial charge in [-0.05, 0) is 38.8 Å². The molecule has 0 bridgehead atoms. The van der Waals surface area contributed by atoms with Gasteiger partial charge in [0.15, 0.2) is 0 Å². The minimum absolute atomic E-state index is 0. The second kappa shape index (κ2) is 7.97. The van der Waals surface area contributed by atoms with Gasteiger partial charge in [0.2, 0.25) is 5.91 Å². The molecule has 1 aliphatic carbocycles. The molecule has 0 saturated heterocycles. The molecule has 0 heterocycles. The van der Waals surface area contributed by atoms with Crippen molar-refractivity contribution in [1.29, 1.82) is 0 Å². The van der Waals surface area contributed by atoms with Crippen LogP contribution in [0.1, 0.15) is 51.1 Å². The van der Waals surface area contributed by atoms with Gasteiger partial charge in [-0.15, -0.1) is 12.4 Å². The molecular weight excluding hydrogens is 319 g/mol. The number of carbonyl (C=O) groups excluding carboxylic acids is 1. The molecule has 1 fully saturated rings. The van der Waals surface area contributed by atoms with Crippen molar-refractivity contribution in [3.63, 3.8) is 0 Å². The molecule has 3 atom stereocenters. The number of nitrogens with two attached hydrogens (primary N) is 1. The molecule has 23 heavy (non-hydrogen) atoms. The number of carbonyl (C=O) groups is 1. The Labute approximate surface area is 143 Å². The van der Waals surface area contributed by atoms with Crippen LogP contribution in [0.3, 0.4) is 0 Å². The number of hydrogen-bond donors (Lipinski definition) is 2. The lowest BCUT2D eigenvalue weighted by Gasteiger charge is -2.37. The summed E-state index contributed by atoms with van der Waals surface area (Å²) < 4.78 is 19.3. The van der Waals surface area contributed by atoms with E-state index < -0.39 is 11.6 Å². The Balaban J connectivity index is 0.00000264. The van der Waals surface area contributed by atoms with Crippen molar-refractivity contribution in [2.24, 2.45) is 11.7 Å². The van der Waals surface area contributed by atoms with Gasteiger partial charge in [0.25, 0.3) is 0 Å². The maximum Gasteiger partial charge on any atom is 0.225 e. The number of amides is 1. The van der Waals surface area contributed by atoms with E-state index in [1.54, 1.807) is 19.1 Å². The van der Waals surface area contributed by atoms with Crippen molar-refractivity contribution < 1.29 is 13.9 Å². The number of halogens is 2. The van der Waals surface area contributed by atoms with Crippen molar-refractivity contribution in [1.82, 2.24) is 5.32 Å². The maximum absolute atomic E-state index is 14.1. The van der Waals surface area contributed by atoms with Gasteiger partial charge < -0.3 is 15.8 Å². The van der Waals surface area contributed by atoms with Gasteiger partial charge in [-0.1, -0.05) is 18.9 Å². The third-order valence-corrected chi connectivity index (χ3v) is 4.60. The Morgan fingerprint density at radius 1 is 1.48 bits per heavy atom. The average Bonchev–Trinajstić information content (AvgIpc) is 2.45. The van der Waals surface area contributed by atoms with Crippen LogP contribution in [0.2, 0.25) is 0 Å². The fourth-order valence-electron chi connectivity index (χ4n) is 3.29. The molecule has 1 aromatic carbocycles. The van der Waals surface area contributed by atoms with Gasteiger partial charge in [-0.2, -0.15) is 0 Å². The zero-order valence-electron chi connectivity index (χ0n) is 13.9. The van der Waals surface area contributed by atoms with Crippen LogP contribution in [0.4, 0.5) is 4.39 Å². The van der Waals surface area contributed by atoms with E-state index in [0.29, 0.717) is 11.3 Å². The second-order valence-corrected chi connectivity index (χ2v) is 6.39. The van der Waals surface area contributed by atoms with Gasteiger partial charge in [0.05, 0.1) is 24.6 Å². The predicted octanol–water partition coefficient (Wildman–Crippen LogP) is 3.34. The van der Waals surface area contributed by atoms with E-state index in [-0.39, 0.29) is 30.0 Å². The fourth-order valence-corrected chi connectivity index (χ4v) is 3.29. The Hall–Kier alpha value is -1.33. The summed E-state index contributed by atoms with van der Waals surface area (Å²) in [7, 11) is 1.49. The third kappa shape index (κ3) is 4.36. The van der Waals surface area contributed by atoms with E-state index in [4.69, 9.17) is 10.5 Å². The summed E-state index contributed by atoms with van der Waals surface area (Å²) >= 11 is 0. The maximum atomic E-state index is 14.1. The number of rotatable bonds is 4. The number of benzene rings is 1. The highest BCUT2D eigenvalue weighted by Crippen LogP contribution is 2.33. The first-order valence-electron chi connectivity index (χ1n) is 7.78. The fraction of sp³-hybridized carbons (Fsp3) is 0.588. The minimum atomic E-state index is -0.499. The van der Waals surface area contributed by atoms with Crippen LogP contribution in [0.5, 0.6) is 5.75 Å². The smallest absolute Gasteiger partial charge is 0.225 e. The number of ether oxygens (including phenoxy) is 1. The van der Waals surface area contributed by atoms with E-state index in [1.807, 2.05) is 6.92 Å². The molecule has 1 saturated carbocycles. The quantitative estimate of drug-likeness (QED) is 0.880. The van der Waals surface area contributed by atoms with Gasteiger partial charge in [-0.3, -0.25) is 4.79 Å². The molecule has 0 aromatic heterocycles. The molecule has 1 aromatic rings. The molecule has 2 rings (SSSR count). The summed E-state index contributed by atoms with van der Waals surface area (Å²) in [4.78, 5) is 12.6. The normalized spacial score (nSPS) is 25.2. The molecular formula is C17H26ClFN2O2. The van der Waals surface area contributed by atoms with Gasteiger partial charge in [-0.25, -0.2) is 4.39 Å². The number of nitrogens with one attached hydrogen (secondary N) is 1. The Bertz CT molecular complexity index is 551. The lowest BCUT2D eigenvalue weighted by molar-refractivity contribution is -0.128. The van der Waals surface area contributed by atoms with Crippen molar-refractivity contribution in [2.75, 3.05) is 7.11 Å². The molecule has 0 aliphatic heterocycles. The first-order chi connectivity index (χ1) is 10.4. The van der Waals surface area contributed by atoms with Crippen LogP contribution >= 0.6 is 12.4 Å². The standard InChI is InChI=1S/C17H25FN2O2.ClH/c1-11(15-13(18)8-6-9-14(15)22-3)20-16(21)12-7-4-5-10-17(12,2)19;/h6,8-9,11-12H,4-5,7,10,19H2,1-3H3,(H,20,21);1H. The summed E-state index contributed by atoms with van der Waals surface area (Å²) in [5.74, 6) is -0.290. The largest absolute Gasteiger partial charge is 0.496 e. The lowest BCUT2D eigenvalue weighted by atomic mass is 9.74. The van der Waals surface area contributed by atoms with Crippen molar-refractivity contribution in [3.05, 3.63) is 29.6 Å². The Morgan fingerprint density at radius 2 is 2.17 bits per heavy atom. The predicted molar refractivity (Wildman–Crippen MR) is 91.3 cm³/mol. The number of hydrogen-bond acceptors (Lipinski definition) is 3. The van der Waals surface area contributed by atoms with Crippen LogP contribution in [0.15, 0.2) is 18.2 Å². The first-order valence-corrected chi connectivity index (χ1v) is 7.78. The van der Waals surface area contributed by atoms with E-state index in [1.165, 1.54) is 13.2 Å². The highest BCUT2D eigenvalue weighted by atomic mass is 35.5. The Kier molecular flexibility index (Phi) is 6.84. The summed E-state index contributed by atoms with van der Waals surface area (Å²) in [5, 5.41) is 2.90. The zero-order valence-corrected chi connectivity index (χ0v) is 14.7. The molecule has 0 radical (unpaired) electrons. The molecule has 6 heteroatoms. The molecule has 130 valence electrons. The average molecular weight is 345 g/mol. The van der Waals surface area contributed by atoms with Crippen LogP contribution < -0.4 is 15.8 Å². The molecule has 1 aliphatic rings. The van der Waals surface area contributed by atoms with Crippen LogP contribution in [-0.2, 0) is 4.79 Å². The molecule has 3 N–H and O–H groups in total. The molecule has 3 unspecified atom stereocenters. The summed E-state index contributed by atoms with van der Waals surface area (Å²) in [5.41, 5.74) is 6.13. The van der Waals surface area contributed by atoms with E-state index >= 15 is 0 Å². The number of methoxy groups -OCH3 is 1. The van der Waals surface area contributed by atoms with Crippen LogP contribution in [0, 0.1) is 11.7 Å². The van der Waals surface area contributed by atoms with E-state index in [2.05, 4.69) is 5.32 Å². The first kappa shape index (κ1) is 19.7. The van der Waals surface area contributed by atoms with Crippen molar-refractivity contribution in [2.45, 2.75) is 51.1 Å². The van der Waals surface area contributed by atoms with Crippen LogP contribution in [-0.4, -0.2) is 18.6 Å². The van der Waals surface area contributed by atoms with Gasteiger partial charge >= 0.3 is 0 Å². The summed E-state index contributed by atoms with van der Waals surface area (Å²) in [6, 6.07) is 4.18. The molecule has 0 spiro atoms. The third-order valence-electron chi connectivity index (χ3n) is 4.60. The van der Waals surface area contributed by atoms with Gasteiger partial charge in [0, 0.05) is 5.54 Å². The monoisotopic (exact) mass is 344 g/mol. The minimum Gasteiger partial charge on any atom is -0.496 e. The van der Waals surface area contributed by atoms with Crippen LogP contribution in [0.25, 0.3) is 0 Å². The van der Waals surface area contributed by atoms with Gasteiger partial charge in [0.1, 0.15) is 11.6 Å². The molecule has 4 nitrogen and oxygen atoms in total. The SMILES string of the molecule is COc1cccc(F)c1C(C)NC(=O)C1CCCCC1(C)N.Cl. The van der Waals surface area contributed by atoms with Crippen molar-refractivity contribution in [3.8, 4) is 5.75 Å². The zero-order chi connectivity index (χ0) is 16.3. The van der Waals surface area contributed by atoms with Crippen molar-refractivity contribution >= 4 is 18.3 Å². The summed E-state index contributed by atoms with van der Waals surface area (Å²) in [6.07, 6.45) is 3.66. The van der Waals surface area contributed by atoms with E-state index in [0.717, 1.165) is 25.7 Å². The topological polar surface area (TPSA) is 64.3 Å². The highest BCUT2D eigenvalue weighted by molar-refractivity contribution is 5.85. The Morgan fingerprint density at radius 3 is 2.78 bits per heavy atom. The molecule has 1 amide bonds. The van der Waals surface area contributed by atoms with E-state index in [9.17, 15) is 9.18 Å². The second-order valence-electron chi connectivity index (χ2n) is 6.39.